The van der Waals surface area contributed by atoms with E-state index in [1.807, 2.05) is 13.8 Å². The van der Waals surface area contributed by atoms with Crippen LogP contribution < -0.4 is 10.9 Å². The first-order valence-electron chi connectivity index (χ1n) is 9.19. The first kappa shape index (κ1) is 18.5. The van der Waals surface area contributed by atoms with Gasteiger partial charge in [0.15, 0.2) is 0 Å². The molecule has 0 amide bonds. The van der Waals surface area contributed by atoms with E-state index in [0.29, 0.717) is 17.6 Å². The average molecular weight is 359 g/mol. The topological polar surface area (TPSA) is 99.8 Å². The number of fused-ring (bicyclic) bond motifs is 3. The third-order valence-corrected chi connectivity index (χ3v) is 5.45. The van der Waals surface area contributed by atoms with Crippen LogP contribution in [0.1, 0.15) is 49.8 Å². The van der Waals surface area contributed by atoms with Crippen molar-refractivity contribution in [2.24, 2.45) is 5.92 Å². The molecule has 0 spiro atoms. The lowest BCUT2D eigenvalue weighted by atomic mass is 9.90. The summed E-state index contributed by atoms with van der Waals surface area (Å²) in [4.78, 5) is 23.9. The second-order valence-corrected chi connectivity index (χ2v) is 7.08. The number of carboxylic acids is 1. The van der Waals surface area contributed by atoms with E-state index in [0.717, 1.165) is 42.2 Å². The van der Waals surface area contributed by atoms with Crippen LogP contribution in [0.3, 0.4) is 0 Å². The number of nitrogens with one attached hydrogen (secondary N) is 1. The van der Waals surface area contributed by atoms with Crippen molar-refractivity contribution < 1.29 is 19.4 Å². The Kier molecular flexibility index (Phi) is 5.32. The summed E-state index contributed by atoms with van der Waals surface area (Å²) in [5.41, 5.74) is 2.17. The average Bonchev–Trinajstić information content (AvgIpc) is 2.63. The Labute approximate surface area is 151 Å². The highest BCUT2D eigenvalue weighted by Gasteiger charge is 2.25. The quantitative estimate of drug-likeness (QED) is 0.686. The molecule has 0 bridgehead atoms. The van der Waals surface area contributed by atoms with Crippen LogP contribution in [0.5, 0.6) is 5.75 Å². The molecule has 0 unspecified atom stereocenters. The van der Waals surface area contributed by atoms with Gasteiger partial charge < -0.3 is 14.6 Å². The van der Waals surface area contributed by atoms with E-state index in [1.165, 1.54) is 0 Å². The van der Waals surface area contributed by atoms with Crippen LogP contribution >= 0.6 is 0 Å². The number of phenols is 1. The fourth-order valence-electron chi connectivity index (χ4n) is 3.70. The van der Waals surface area contributed by atoms with Crippen LogP contribution in [0.25, 0.3) is 11.0 Å². The van der Waals surface area contributed by atoms with Crippen LogP contribution in [-0.2, 0) is 24.2 Å². The fourth-order valence-corrected chi connectivity index (χ4v) is 3.70. The second-order valence-electron chi connectivity index (χ2n) is 7.08. The maximum atomic E-state index is 12.4. The molecule has 1 heterocycles. The Morgan fingerprint density at radius 3 is 2.62 bits per heavy atom. The zero-order chi connectivity index (χ0) is 18.8. The van der Waals surface area contributed by atoms with Gasteiger partial charge in [-0.15, -0.1) is 0 Å². The molecule has 3 rings (SSSR count). The standard InChI is InChI=1S/C20H25NO5/c1-3-11(2)17(19(23)24)21-10-15-16(22)9-8-13-12-6-4-5-7-14(12)20(25)26-18(13)15/h8-9,11,17,21-22H,3-7,10H2,1-2H3,(H,23,24)/t11-,17-/m0/s1. The minimum absolute atomic E-state index is 0.00259. The van der Waals surface area contributed by atoms with Gasteiger partial charge in [-0.05, 0) is 49.3 Å². The van der Waals surface area contributed by atoms with Gasteiger partial charge in [0.05, 0.1) is 5.56 Å². The number of aryl methyl sites for hydroxylation is 1. The van der Waals surface area contributed by atoms with E-state index in [1.54, 1.807) is 12.1 Å². The summed E-state index contributed by atoms with van der Waals surface area (Å²) in [6.07, 6.45) is 4.25. The van der Waals surface area contributed by atoms with Crippen molar-refractivity contribution in [2.75, 3.05) is 0 Å². The Bertz CT molecular complexity index is 886. The minimum Gasteiger partial charge on any atom is -0.507 e. The van der Waals surface area contributed by atoms with E-state index in [9.17, 15) is 19.8 Å². The lowest BCUT2D eigenvalue weighted by Crippen LogP contribution is -2.41. The van der Waals surface area contributed by atoms with Crippen molar-refractivity contribution in [1.82, 2.24) is 5.32 Å². The van der Waals surface area contributed by atoms with Gasteiger partial charge in [-0.3, -0.25) is 10.1 Å². The lowest BCUT2D eigenvalue weighted by molar-refractivity contribution is -0.140. The Hall–Kier alpha value is -2.34. The van der Waals surface area contributed by atoms with E-state index < -0.39 is 12.0 Å². The number of phenolic OH excluding ortho intramolecular Hbond substituents is 1. The normalized spacial score (nSPS) is 16.2. The highest BCUT2D eigenvalue weighted by Crippen LogP contribution is 2.32. The van der Waals surface area contributed by atoms with Gasteiger partial charge in [0.2, 0.25) is 0 Å². The molecule has 1 aromatic heterocycles. The highest BCUT2D eigenvalue weighted by atomic mass is 16.4. The molecule has 0 saturated heterocycles. The van der Waals surface area contributed by atoms with Crippen LogP contribution in [0.2, 0.25) is 0 Å². The van der Waals surface area contributed by atoms with Gasteiger partial charge >= 0.3 is 11.6 Å². The Morgan fingerprint density at radius 1 is 1.27 bits per heavy atom. The number of carbonyl (C=O) groups is 1. The smallest absolute Gasteiger partial charge is 0.339 e. The SMILES string of the molecule is CC[C@H](C)[C@H](NCc1c(O)ccc2c3c(c(=O)oc12)CCCC3)C(=O)O. The molecule has 0 saturated carbocycles. The summed E-state index contributed by atoms with van der Waals surface area (Å²) in [7, 11) is 0. The summed E-state index contributed by atoms with van der Waals surface area (Å²) in [6.45, 7) is 3.92. The molecule has 1 aliphatic rings. The Balaban J connectivity index is 2.03. The summed E-state index contributed by atoms with van der Waals surface area (Å²) >= 11 is 0. The number of hydrogen-bond acceptors (Lipinski definition) is 5. The monoisotopic (exact) mass is 359 g/mol. The maximum absolute atomic E-state index is 12.4. The van der Waals surface area contributed by atoms with Crippen LogP contribution in [0.4, 0.5) is 0 Å². The molecule has 6 nitrogen and oxygen atoms in total. The number of carboxylic acid groups (broad SMARTS) is 1. The Morgan fingerprint density at radius 2 is 1.96 bits per heavy atom. The molecule has 2 atom stereocenters. The van der Waals surface area contributed by atoms with Gasteiger partial charge in [-0.25, -0.2) is 4.79 Å². The molecule has 6 heteroatoms. The van der Waals surface area contributed by atoms with Crippen molar-refractivity contribution >= 4 is 16.9 Å². The largest absolute Gasteiger partial charge is 0.507 e. The highest BCUT2D eigenvalue weighted by molar-refractivity contribution is 5.86. The first-order valence-corrected chi connectivity index (χ1v) is 9.19. The number of aliphatic carboxylic acids is 1. The molecule has 1 aromatic carbocycles. The number of aromatic hydroxyl groups is 1. The van der Waals surface area contributed by atoms with Gasteiger partial charge in [0.25, 0.3) is 0 Å². The second kappa shape index (κ2) is 7.50. The summed E-state index contributed by atoms with van der Waals surface area (Å²) in [6, 6.07) is 2.64. The van der Waals surface area contributed by atoms with Gasteiger partial charge in [0.1, 0.15) is 17.4 Å². The molecule has 2 aromatic rings. The van der Waals surface area contributed by atoms with Crippen LogP contribution in [0.15, 0.2) is 21.3 Å². The maximum Gasteiger partial charge on any atom is 0.339 e. The molecular weight excluding hydrogens is 334 g/mol. The molecule has 26 heavy (non-hydrogen) atoms. The van der Waals surface area contributed by atoms with E-state index in [4.69, 9.17) is 4.42 Å². The zero-order valence-corrected chi connectivity index (χ0v) is 15.2. The van der Waals surface area contributed by atoms with Crippen molar-refractivity contribution in [2.45, 2.75) is 58.5 Å². The number of hydrogen-bond donors (Lipinski definition) is 3. The van der Waals surface area contributed by atoms with Crippen molar-refractivity contribution in [3.63, 3.8) is 0 Å². The van der Waals surface area contributed by atoms with E-state index in [2.05, 4.69) is 5.32 Å². The van der Waals surface area contributed by atoms with Gasteiger partial charge in [0, 0.05) is 17.5 Å². The lowest BCUT2D eigenvalue weighted by Gasteiger charge is -2.21. The minimum atomic E-state index is -0.932. The molecule has 1 aliphatic carbocycles. The van der Waals surface area contributed by atoms with E-state index in [-0.39, 0.29) is 23.8 Å². The third-order valence-electron chi connectivity index (χ3n) is 5.45. The number of rotatable bonds is 6. The molecule has 3 N–H and O–H groups in total. The predicted octanol–water partition coefficient (Wildman–Crippen LogP) is 2.97. The predicted molar refractivity (Wildman–Crippen MR) is 98.5 cm³/mol. The van der Waals surface area contributed by atoms with Crippen molar-refractivity contribution in [3.05, 3.63) is 39.2 Å². The summed E-state index contributed by atoms with van der Waals surface area (Å²) < 4.78 is 5.55. The summed E-state index contributed by atoms with van der Waals surface area (Å²) in [5, 5.41) is 23.6. The fraction of sp³-hybridized carbons (Fsp3) is 0.500. The molecule has 140 valence electrons. The molecular formula is C20H25NO5. The molecule has 0 aliphatic heterocycles. The number of benzene rings is 1. The van der Waals surface area contributed by atoms with Gasteiger partial charge in [-0.1, -0.05) is 20.3 Å². The van der Waals surface area contributed by atoms with Crippen LogP contribution in [0, 0.1) is 5.92 Å². The summed E-state index contributed by atoms with van der Waals surface area (Å²) in [5.74, 6) is -1.00. The van der Waals surface area contributed by atoms with Crippen LogP contribution in [-0.4, -0.2) is 22.2 Å². The van der Waals surface area contributed by atoms with Crippen molar-refractivity contribution in [3.8, 4) is 5.75 Å². The third kappa shape index (κ3) is 3.33. The molecule has 0 radical (unpaired) electrons. The van der Waals surface area contributed by atoms with Crippen molar-refractivity contribution in [1.29, 1.82) is 0 Å². The first-order chi connectivity index (χ1) is 12.4. The zero-order valence-electron chi connectivity index (χ0n) is 15.2. The molecule has 0 fully saturated rings. The van der Waals surface area contributed by atoms with E-state index >= 15 is 0 Å². The van der Waals surface area contributed by atoms with Gasteiger partial charge in [-0.2, -0.15) is 0 Å².